The fourth-order valence-electron chi connectivity index (χ4n) is 2.23. The van der Waals surface area contributed by atoms with Crippen molar-refractivity contribution in [3.63, 3.8) is 0 Å². The lowest BCUT2D eigenvalue weighted by Crippen LogP contribution is -2.21. The predicted molar refractivity (Wildman–Crippen MR) is 71.0 cm³/mol. The second kappa shape index (κ2) is 5.67. The molecule has 1 aliphatic heterocycles. The Kier molecular flexibility index (Phi) is 4.17. The standard InChI is InChI=1S/C13H16ClNO4/c1-2-7-8(10(15)6-11(16)17)5-9(14)13-12(7)18-3-4-19-13/h5,10H,2-4,6,15H2,1H3,(H,16,17). The highest BCUT2D eigenvalue weighted by atomic mass is 35.5. The molecule has 1 atom stereocenters. The molecule has 1 unspecified atom stereocenters. The van der Waals surface area contributed by atoms with Crippen LogP contribution in [0.25, 0.3) is 0 Å². The van der Waals surface area contributed by atoms with Crippen LogP contribution >= 0.6 is 11.6 Å². The Labute approximate surface area is 116 Å². The van der Waals surface area contributed by atoms with Crippen LogP contribution in [0.3, 0.4) is 0 Å². The zero-order valence-corrected chi connectivity index (χ0v) is 11.4. The van der Waals surface area contributed by atoms with Crippen LogP contribution < -0.4 is 15.2 Å². The second-order valence-electron chi connectivity index (χ2n) is 4.34. The first-order valence-corrected chi connectivity index (χ1v) is 6.50. The predicted octanol–water partition coefficient (Wildman–Crippen LogP) is 2.15. The Balaban J connectivity index is 2.49. The first-order valence-electron chi connectivity index (χ1n) is 6.12. The van der Waals surface area contributed by atoms with Gasteiger partial charge in [-0.1, -0.05) is 18.5 Å². The Morgan fingerprint density at radius 1 is 1.47 bits per heavy atom. The molecule has 0 saturated heterocycles. The Morgan fingerprint density at radius 2 is 2.11 bits per heavy atom. The number of aliphatic carboxylic acids is 1. The van der Waals surface area contributed by atoms with Crippen LogP contribution in [0.15, 0.2) is 6.07 Å². The second-order valence-corrected chi connectivity index (χ2v) is 4.75. The molecule has 1 heterocycles. The monoisotopic (exact) mass is 285 g/mol. The van der Waals surface area contributed by atoms with Crippen molar-refractivity contribution in [2.75, 3.05) is 13.2 Å². The molecule has 0 fully saturated rings. The minimum atomic E-state index is -0.944. The number of ether oxygens (including phenoxy) is 2. The van der Waals surface area contributed by atoms with E-state index in [-0.39, 0.29) is 6.42 Å². The van der Waals surface area contributed by atoms with Gasteiger partial charge in [-0.25, -0.2) is 0 Å². The summed E-state index contributed by atoms with van der Waals surface area (Å²) < 4.78 is 11.1. The molecule has 104 valence electrons. The summed E-state index contributed by atoms with van der Waals surface area (Å²) in [7, 11) is 0. The van der Waals surface area contributed by atoms with E-state index in [1.54, 1.807) is 6.07 Å². The minimum Gasteiger partial charge on any atom is -0.486 e. The first-order chi connectivity index (χ1) is 9.04. The molecule has 19 heavy (non-hydrogen) atoms. The van der Waals surface area contributed by atoms with Crippen LogP contribution in [0.1, 0.15) is 30.5 Å². The maximum Gasteiger partial charge on any atom is 0.305 e. The van der Waals surface area contributed by atoms with Gasteiger partial charge in [0.1, 0.15) is 13.2 Å². The molecule has 1 aliphatic rings. The van der Waals surface area contributed by atoms with Gasteiger partial charge in [-0.2, -0.15) is 0 Å². The van der Waals surface area contributed by atoms with Gasteiger partial charge < -0.3 is 20.3 Å². The number of fused-ring (bicyclic) bond motifs is 1. The molecule has 0 aliphatic carbocycles. The van der Waals surface area contributed by atoms with Gasteiger partial charge in [-0.3, -0.25) is 4.79 Å². The van der Waals surface area contributed by atoms with E-state index in [1.165, 1.54) is 0 Å². The van der Waals surface area contributed by atoms with Gasteiger partial charge in [0.25, 0.3) is 0 Å². The topological polar surface area (TPSA) is 81.8 Å². The fourth-order valence-corrected chi connectivity index (χ4v) is 2.49. The maximum atomic E-state index is 10.8. The van der Waals surface area contributed by atoms with Crippen molar-refractivity contribution in [3.05, 3.63) is 22.2 Å². The number of rotatable bonds is 4. The van der Waals surface area contributed by atoms with E-state index in [0.29, 0.717) is 41.7 Å². The highest BCUT2D eigenvalue weighted by molar-refractivity contribution is 6.32. The van der Waals surface area contributed by atoms with E-state index in [0.717, 1.165) is 5.56 Å². The third-order valence-electron chi connectivity index (χ3n) is 3.05. The summed E-state index contributed by atoms with van der Waals surface area (Å²) in [5.41, 5.74) is 7.51. The number of carbonyl (C=O) groups is 1. The van der Waals surface area contributed by atoms with Gasteiger partial charge >= 0.3 is 5.97 Å². The largest absolute Gasteiger partial charge is 0.486 e. The molecule has 0 saturated carbocycles. The van der Waals surface area contributed by atoms with Crippen LogP contribution in [0, 0.1) is 0 Å². The van der Waals surface area contributed by atoms with E-state index >= 15 is 0 Å². The Bertz CT molecular complexity index is 504. The van der Waals surface area contributed by atoms with Gasteiger partial charge in [-0.15, -0.1) is 0 Å². The van der Waals surface area contributed by atoms with Crippen molar-refractivity contribution in [1.82, 2.24) is 0 Å². The zero-order chi connectivity index (χ0) is 14.0. The number of carboxylic acid groups (broad SMARTS) is 1. The summed E-state index contributed by atoms with van der Waals surface area (Å²) >= 11 is 6.15. The SMILES string of the molecule is CCc1c(C(N)CC(=O)O)cc(Cl)c2c1OCCO2. The van der Waals surface area contributed by atoms with Crippen LogP contribution in [0.5, 0.6) is 11.5 Å². The van der Waals surface area contributed by atoms with E-state index in [4.69, 9.17) is 31.9 Å². The smallest absolute Gasteiger partial charge is 0.305 e. The van der Waals surface area contributed by atoms with E-state index < -0.39 is 12.0 Å². The number of benzene rings is 1. The number of carboxylic acids is 1. The van der Waals surface area contributed by atoms with E-state index in [1.807, 2.05) is 6.92 Å². The van der Waals surface area contributed by atoms with E-state index in [2.05, 4.69) is 0 Å². The Hall–Kier alpha value is -1.46. The van der Waals surface area contributed by atoms with E-state index in [9.17, 15) is 4.79 Å². The number of nitrogens with two attached hydrogens (primary N) is 1. The summed E-state index contributed by atoms with van der Waals surface area (Å²) in [6, 6.07) is 1.07. The average Bonchev–Trinajstić information content (AvgIpc) is 2.38. The average molecular weight is 286 g/mol. The van der Waals surface area contributed by atoms with Crippen molar-refractivity contribution >= 4 is 17.6 Å². The van der Waals surface area contributed by atoms with Gasteiger partial charge in [0.2, 0.25) is 0 Å². The molecular weight excluding hydrogens is 270 g/mol. The zero-order valence-electron chi connectivity index (χ0n) is 10.6. The van der Waals surface area contributed by atoms with Crippen LogP contribution in [-0.2, 0) is 11.2 Å². The normalized spacial score (nSPS) is 15.1. The number of hydrogen-bond donors (Lipinski definition) is 2. The lowest BCUT2D eigenvalue weighted by molar-refractivity contribution is -0.137. The summed E-state index contributed by atoms with van der Waals surface area (Å²) in [4.78, 5) is 10.8. The molecule has 0 spiro atoms. The van der Waals surface area contributed by atoms with Gasteiger partial charge in [0.15, 0.2) is 11.5 Å². The lowest BCUT2D eigenvalue weighted by Gasteiger charge is -2.25. The number of halogens is 1. The van der Waals surface area contributed by atoms with Crippen LogP contribution in [-0.4, -0.2) is 24.3 Å². The third-order valence-corrected chi connectivity index (χ3v) is 3.33. The number of hydrogen-bond acceptors (Lipinski definition) is 4. The highest BCUT2D eigenvalue weighted by Crippen LogP contribution is 2.43. The maximum absolute atomic E-state index is 10.8. The molecule has 0 amide bonds. The fraction of sp³-hybridized carbons (Fsp3) is 0.462. The molecule has 2 rings (SSSR count). The van der Waals surface area contributed by atoms with Crippen molar-refractivity contribution in [1.29, 1.82) is 0 Å². The van der Waals surface area contributed by atoms with Crippen molar-refractivity contribution in [2.45, 2.75) is 25.8 Å². The lowest BCUT2D eigenvalue weighted by atomic mass is 9.95. The van der Waals surface area contributed by atoms with Gasteiger partial charge in [0, 0.05) is 11.6 Å². The van der Waals surface area contributed by atoms with Crippen molar-refractivity contribution in [3.8, 4) is 11.5 Å². The Morgan fingerprint density at radius 3 is 2.68 bits per heavy atom. The molecule has 1 aromatic carbocycles. The molecule has 5 nitrogen and oxygen atoms in total. The minimum absolute atomic E-state index is 0.150. The quantitative estimate of drug-likeness (QED) is 0.886. The summed E-state index contributed by atoms with van der Waals surface area (Å²) in [5.74, 6) is 0.175. The highest BCUT2D eigenvalue weighted by Gasteiger charge is 2.25. The van der Waals surface area contributed by atoms with Crippen LogP contribution in [0.4, 0.5) is 0 Å². The molecule has 1 aromatic rings. The molecule has 0 bridgehead atoms. The van der Waals surface area contributed by atoms with Crippen LogP contribution in [0.2, 0.25) is 5.02 Å². The molecule has 0 radical (unpaired) electrons. The molecular formula is C13H16ClNO4. The molecule has 3 N–H and O–H groups in total. The third kappa shape index (κ3) is 2.77. The summed E-state index contributed by atoms with van der Waals surface area (Å²) in [5, 5.41) is 9.25. The first kappa shape index (κ1) is 14.0. The molecule has 6 heteroatoms. The van der Waals surface area contributed by atoms with Gasteiger partial charge in [0.05, 0.1) is 11.4 Å². The van der Waals surface area contributed by atoms with Crippen molar-refractivity contribution in [2.24, 2.45) is 5.73 Å². The van der Waals surface area contributed by atoms with Crippen molar-refractivity contribution < 1.29 is 19.4 Å². The molecule has 0 aromatic heterocycles. The van der Waals surface area contributed by atoms with Gasteiger partial charge in [-0.05, 0) is 18.1 Å². The summed E-state index contributed by atoms with van der Waals surface area (Å²) in [6.45, 7) is 2.86. The summed E-state index contributed by atoms with van der Waals surface area (Å²) in [6.07, 6.45) is 0.522.